The van der Waals surface area contributed by atoms with Gasteiger partial charge in [-0.25, -0.2) is 4.79 Å². The van der Waals surface area contributed by atoms with Crippen molar-refractivity contribution >= 4 is 6.09 Å². The van der Waals surface area contributed by atoms with Crippen molar-refractivity contribution in [2.45, 2.75) is 6.54 Å². The van der Waals surface area contributed by atoms with Crippen LogP contribution in [0.5, 0.6) is 0 Å². The molecule has 0 bridgehead atoms. The van der Waals surface area contributed by atoms with Crippen LogP contribution in [0.15, 0.2) is 24.3 Å². The average Bonchev–Trinajstić information content (AvgIpc) is 2.16. The second-order valence-corrected chi connectivity index (χ2v) is 2.25. The molecule has 3 nitrogen and oxygen atoms in total. The molecule has 1 amide bonds. The molecule has 1 radical (unpaired) electrons. The van der Waals surface area contributed by atoms with E-state index in [4.69, 9.17) is 0 Å². The Bertz CT molecular complexity index is 246. The van der Waals surface area contributed by atoms with Crippen LogP contribution in [0, 0.1) is 6.07 Å². The summed E-state index contributed by atoms with van der Waals surface area (Å²) in [5.74, 6) is 0. The Morgan fingerprint density at radius 2 is 2.25 bits per heavy atom. The zero-order valence-corrected chi connectivity index (χ0v) is 6.83. The predicted octanol–water partition coefficient (Wildman–Crippen LogP) is 1.34. The summed E-state index contributed by atoms with van der Waals surface area (Å²) in [6.45, 7) is 0.487. The van der Waals surface area contributed by atoms with Gasteiger partial charge in [-0.05, 0) is 11.6 Å². The fraction of sp³-hybridized carbons (Fsp3) is 0.222. The van der Waals surface area contributed by atoms with Crippen LogP contribution < -0.4 is 5.32 Å². The molecule has 3 heteroatoms. The number of hydrogen-bond acceptors (Lipinski definition) is 2. The lowest BCUT2D eigenvalue weighted by Crippen LogP contribution is -2.22. The molecule has 1 aromatic rings. The van der Waals surface area contributed by atoms with Crippen molar-refractivity contribution in [3.63, 3.8) is 0 Å². The summed E-state index contributed by atoms with van der Waals surface area (Å²) in [5, 5.41) is 2.57. The van der Waals surface area contributed by atoms with Gasteiger partial charge in [-0.1, -0.05) is 24.3 Å². The lowest BCUT2D eigenvalue weighted by atomic mass is 10.2. The molecule has 0 heterocycles. The molecule has 1 rings (SSSR count). The fourth-order valence-corrected chi connectivity index (χ4v) is 0.786. The van der Waals surface area contributed by atoms with Crippen molar-refractivity contribution < 1.29 is 9.53 Å². The summed E-state index contributed by atoms with van der Waals surface area (Å²) >= 11 is 0. The molecule has 63 valence electrons. The Morgan fingerprint density at radius 3 is 2.83 bits per heavy atom. The van der Waals surface area contributed by atoms with Gasteiger partial charge >= 0.3 is 6.09 Å². The van der Waals surface area contributed by atoms with E-state index in [0.29, 0.717) is 6.54 Å². The van der Waals surface area contributed by atoms with Gasteiger partial charge in [0.15, 0.2) is 0 Å². The Hall–Kier alpha value is -1.51. The highest BCUT2D eigenvalue weighted by Crippen LogP contribution is 1.96. The maximum absolute atomic E-state index is 10.6. The van der Waals surface area contributed by atoms with E-state index in [2.05, 4.69) is 16.1 Å². The first-order valence-electron chi connectivity index (χ1n) is 3.59. The van der Waals surface area contributed by atoms with E-state index in [1.807, 2.05) is 12.1 Å². The number of carbonyl (C=O) groups excluding carboxylic acids is 1. The minimum atomic E-state index is -0.414. The quantitative estimate of drug-likeness (QED) is 0.716. The van der Waals surface area contributed by atoms with Crippen LogP contribution in [-0.4, -0.2) is 13.2 Å². The first-order chi connectivity index (χ1) is 5.83. The Kier molecular flexibility index (Phi) is 3.14. The number of amides is 1. The molecule has 0 aromatic heterocycles. The van der Waals surface area contributed by atoms with Crippen LogP contribution in [0.4, 0.5) is 4.79 Å². The molecule has 0 aliphatic carbocycles. The third kappa shape index (κ3) is 2.62. The molecule has 1 aromatic carbocycles. The molecule has 12 heavy (non-hydrogen) atoms. The third-order valence-electron chi connectivity index (χ3n) is 1.41. The second-order valence-electron chi connectivity index (χ2n) is 2.25. The standard InChI is InChI=1S/C9H10NO2/c1-12-9(11)10-7-8-5-3-2-4-6-8/h3-6H,7H2,1H3,(H,10,11). The number of ether oxygens (including phenoxy) is 1. The van der Waals surface area contributed by atoms with Crippen LogP contribution in [-0.2, 0) is 11.3 Å². The maximum Gasteiger partial charge on any atom is 0.407 e. The summed E-state index contributed by atoms with van der Waals surface area (Å²) in [6, 6.07) is 10.3. The van der Waals surface area contributed by atoms with E-state index in [1.165, 1.54) is 7.11 Å². The van der Waals surface area contributed by atoms with Gasteiger partial charge in [0.1, 0.15) is 0 Å². The molecule has 0 spiro atoms. The van der Waals surface area contributed by atoms with E-state index < -0.39 is 6.09 Å². The Labute approximate surface area is 71.4 Å². The van der Waals surface area contributed by atoms with E-state index >= 15 is 0 Å². The highest BCUT2D eigenvalue weighted by Gasteiger charge is 1.96. The van der Waals surface area contributed by atoms with Crippen molar-refractivity contribution in [2.24, 2.45) is 0 Å². The van der Waals surface area contributed by atoms with Crippen LogP contribution in [0.3, 0.4) is 0 Å². The van der Waals surface area contributed by atoms with Gasteiger partial charge in [0, 0.05) is 6.54 Å². The molecule has 0 aliphatic heterocycles. The van der Waals surface area contributed by atoms with Gasteiger partial charge < -0.3 is 10.1 Å². The van der Waals surface area contributed by atoms with Crippen molar-refractivity contribution in [2.75, 3.05) is 7.11 Å². The smallest absolute Gasteiger partial charge is 0.407 e. The van der Waals surface area contributed by atoms with Crippen molar-refractivity contribution in [3.8, 4) is 0 Å². The molecule has 0 saturated carbocycles. The number of methoxy groups -OCH3 is 1. The van der Waals surface area contributed by atoms with Gasteiger partial charge in [0.25, 0.3) is 0 Å². The van der Waals surface area contributed by atoms with Crippen LogP contribution >= 0.6 is 0 Å². The zero-order valence-electron chi connectivity index (χ0n) is 6.83. The molecule has 0 aliphatic rings. The van der Waals surface area contributed by atoms with Gasteiger partial charge in [-0.2, -0.15) is 0 Å². The summed E-state index contributed by atoms with van der Waals surface area (Å²) in [6.07, 6.45) is -0.414. The minimum absolute atomic E-state index is 0.414. The summed E-state index contributed by atoms with van der Waals surface area (Å²) < 4.78 is 4.41. The minimum Gasteiger partial charge on any atom is -0.453 e. The number of nitrogens with one attached hydrogen (secondary N) is 1. The summed E-state index contributed by atoms with van der Waals surface area (Å²) in [7, 11) is 1.34. The Balaban J connectivity index is 2.38. The Morgan fingerprint density at radius 1 is 1.58 bits per heavy atom. The lowest BCUT2D eigenvalue weighted by molar-refractivity contribution is 0.170. The maximum atomic E-state index is 10.6. The normalized spacial score (nSPS) is 9.08. The predicted molar refractivity (Wildman–Crippen MR) is 44.5 cm³/mol. The van der Waals surface area contributed by atoms with Crippen LogP contribution in [0.25, 0.3) is 0 Å². The first-order valence-corrected chi connectivity index (χ1v) is 3.59. The molecular formula is C9H10NO2. The highest BCUT2D eigenvalue weighted by atomic mass is 16.5. The lowest BCUT2D eigenvalue weighted by Gasteiger charge is -2.02. The largest absolute Gasteiger partial charge is 0.453 e. The van der Waals surface area contributed by atoms with E-state index in [-0.39, 0.29) is 0 Å². The van der Waals surface area contributed by atoms with Gasteiger partial charge in [0.2, 0.25) is 0 Å². The molecule has 0 fully saturated rings. The van der Waals surface area contributed by atoms with Gasteiger partial charge in [0.05, 0.1) is 7.11 Å². The summed E-state index contributed by atoms with van der Waals surface area (Å²) in [5.41, 5.74) is 1.03. The molecular weight excluding hydrogens is 154 g/mol. The highest BCUT2D eigenvalue weighted by molar-refractivity contribution is 5.66. The second kappa shape index (κ2) is 4.38. The van der Waals surface area contributed by atoms with E-state index in [9.17, 15) is 4.79 Å². The third-order valence-corrected chi connectivity index (χ3v) is 1.41. The topological polar surface area (TPSA) is 38.3 Å². The van der Waals surface area contributed by atoms with Crippen LogP contribution in [0.2, 0.25) is 0 Å². The SMILES string of the molecule is COC(=O)NCc1cc[c]cc1. The fourth-order valence-electron chi connectivity index (χ4n) is 0.786. The molecule has 0 saturated heterocycles. The zero-order chi connectivity index (χ0) is 8.81. The average molecular weight is 164 g/mol. The molecule has 0 atom stereocenters. The van der Waals surface area contributed by atoms with Gasteiger partial charge in [-0.15, -0.1) is 0 Å². The molecule has 0 unspecified atom stereocenters. The van der Waals surface area contributed by atoms with Crippen molar-refractivity contribution in [1.82, 2.24) is 5.32 Å². The van der Waals surface area contributed by atoms with Gasteiger partial charge in [-0.3, -0.25) is 0 Å². The number of alkyl carbamates (subject to hydrolysis) is 1. The monoisotopic (exact) mass is 164 g/mol. The van der Waals surface area contributed by atoms with Crippen LogP contribution in [0.1, 0.15) is 5.56 Å². The number of hydrogen-bond donors (Lipinski definition) is 1. The van der Waals surface area contributed by atoms with Crippen molar-refractivity contribution in [1.29, 1.82) is 0 Å². The number of benzene rings is 1. The number of rotatable bonds is 2. The van der Waals surface area contributed by atoms with E-state index in [1.54, 1.807) is 12.1 Å². The van der Waals surface area contributed by atoms with E-state index in [0.717, 1.165) is 5.56 Å². The van der Waals surface area contributed by atoms with Crippen molar-refractivity contribution in [3.05, 3.63) is 35.9 Å². The summed E-state index contributed by atoms with van der Waals surface area (Å²) in [4.78, 5) is 10.6. The first kappa shape index (κ1) is 8.59. The molecule has 1 N–H and O–H groups in total. The number of carbonyl (C=O) groups is 1.